The second kappa shape index (κ2) is 12.8. The Morgan fingerprint density at radius 1 is 1.02 bits per heavy atom. The highest BCUT2D eigenvalue weighted by molar-refractivity contribution is 7.89. The Labute approximate surface area is 239 Å². The van der Waals surface area contributed by atoms with Crippen LogP contribution in [0.2, 0.25) is 0 Å². The third-order valence-electron chi connectivity index (χ3n) is 6.40. The third-order valence-corrected chi connectivity index (χ3v) is 8.19. The SMILES string of the molecule is CN(C)C(=O)COC(=O)[C@@H](N)Cc1cccc(S(=O)(=O)N2CC(Oc3cccc(F)c3)(c3ccccc3)C2)c1.Cl. The predicted octanol–water partition coefficient (Wildman–Crippen LogP) is 2.73. The van der Waals surface area contributed by atoms with Crippen molar-refractivity contribution in [3.8, 4) is 5.75 Å². The summed E-state index contributed by atoms with van der Waals surface area (Å²) in [6.45, 7) is -0.387. The molecule has 40 heavy (non-hydrogen) atoms. The number of benzene rings is 3. The molecule has 0 saturated carbocycles. The van der Waals surface area contributed by atoms with E-state index >= 15 is 0 Å². The van der Waals surface area contributed by atoms with Gasteiger partial charge in [-0.1, -0.05) is 48.5 Å². The van der Waals surface area contributed by atoms with Gasteiger partial charge in [0.1, 0.15) is 17.6 Å². The highest BCUT2D eigenvalue weighted by atomic mass is 35.5. The summed E-state index contributed by atoms with van der Waals surface area (Å²) in [6.07, 6.45) is 0.0228. The van der Waals surface area contributed by atoms with Crippen molar-refractivity contribution >= 4 is 34.3 Å². The van der Waals surface area contributed by atoms with Crippen LogP contribution in [0.4, 0.5) is 4.39 Å². The smallest absolute Gasteiger partial charge is 0.323 e. The van der Waals surface area contributed by atoms with Crippen LogP contribution in [-0.2, 0) is 36.4 Å². The van der Waals surface area contributed by atoms with Gasteiger partial charge in [-0.2, -0.15) is 4.31 Å². The molecule has 1 amide bonds. The number of nitrogens with two attached hydrogens (primary N) is 1. The number of carbonyl (C=O) groups excluding carboxylic acids is 2. The maximum atomic E-state index is 13.8. The second-order valence-corrected chi connectivity index (χ2v) is 11.5. The molecule has 9 nitrogen and oxygen atoms in total. The molecule has 3 aromatic rings. The van der Waals surface area contributed by atoms with Crippen molar-refractivity contribution < 1.29 is 31.9 Å². The van der Waals surface area contributed by atoms with Crippen LogP contribution in [0.3, 0.4) is 0 Å². The zero-order valence-electron chi connectivity index (χ0n) is 22.0. The molecule has 1 heterocycles. The maximum absolute atomic E-state index is 13.8. The molecule has 1 aliphatic rings. The Bertz CT molecular complexity index is 1450. The number of halogens is 2. The molecular formula is C28H31ClFN3O6S. The fourth-order valence-electron chi connectivity index (χ4n) is 4.19. The van der Waals surface area contributed by atoms with Crippen LogP contribution in [0.15, 0.2) is 83.8 Å². The van der Waals surface area contributed by atoms with E-state index in [1.54, 1.807) is 18.2 Å². The number of rotatable bonds is 10. The number of hydrogen-bond acceptors (Lipinski definition) is 7. The van der Waals surface area contributed by atoms with Gasteiger partial charge in [0, 0.05) is 20.2 Å². The number of sulfonamides is 1. The summed E-state index contributed by atoms with van der Waals surface area (Å²) >= 11 is 0. The van der Waals surface area contributed by atoms with Gasteiger partial charge in [0.2, 0.25) is 10.0 Å². The van der Waals surface area contributed by atoms with Crippen molar-refractivity contribution in [3.05, 3.63) is 95.8 Å². The van der Waals surface area contributed by atoms with Gasteiger partial charge >= 0.3 is 5.97 Å². The van der Waals surface area contributed by atoms with Crippen molar-refractivity contribution in [1.29, 1.82) is 0 Å². The summed E-state index contributed by atoms with van der Waals surface area (Å²) in [5.74, 6) is -1.30. The monoisotopic (exact) mass is 591 g/mol. The highest BCUT2D eigenvalue weighted by Gasteiger charge is 2.52. The lowest BCUT2D eigenvalue weighted by atomic mass is 9.87. The molecule has 0 spiro atoms. The number of likely N-dealkylation sites (N-methyl/N-ethyl adjacent to an activating group) is 1. The molecule has 0 radical (unpaired) electrons. The van der Waals surface area contributed by atoms with E-state index in [1.807, 2.05) is 30.3 Å². The molecule has 1 fully saturated rings. The van der Waals surface area contributed by atoms with E-state index in [-0.39, 0.29) is 42.7 Å². The normalized spacial score (nSPS) is 15.2. The van der Waals surface area contributed by atoms with Crippen molar-refractivity contribution in [3.63, 3.8) is 0 Å². The fourth-order valence-corrected chi connectivity index (χ4v) is 5.79. The molecule has 2 N–H and O–H groups in total. The zero-order chi connectivity index (χ0) is 28.2. The van der Waals surface area contributed by atoms with Gasteiger partial charge in [-0.05, 0) is 41.8 Å². The molecule has 4 rings (SSSR count). The third kappa shape index (κ3) is 6.97. The molecule has 1 atom stereocenters. The average Bonchev–Trinajstić information content (AvgIpc) is 2.89. The second-order valence-electron chi connectivity index (χ2n) is 9.55. The lowest BCUT2D eigenvalue weighted by Crippen LogP contribution is -2.64. The lowest BCUT2D eigenvalue weighted by Gasteiger charge is -2.48. The number of nitrogens with zero attached hydrogens (tertiary/aromatic N) is 2. The van der Waals surface area contributed by atoms with Gasteiger partial charge in [0.15, 0.2) is 12.2 Å². The van der Waals surface area contributed by atoms with Gasteiger partial charge in [-0.25, -0.2) is 12.8 Å². The molecule has 0 bridgehead atoms. The molecule has 0 aliphatic carbocycles. The van der Waals surface area contributed by atoms with Crippen LogP contribution in [0.5, 0.6) is 5.75 Å². The van der Waals surface area contributed by atoms with Crippen LogP contribution in [0, 0.1) is 5.82 Å². The van der Waals surface area contributed by atoms with Crippen molar-refractivity contribution in [1.82, 2.24) is 9.21 Å². The standard InChI is InChI=1S/C28H30FN3O6S.ClH/c1-31(2)26(33)17-37-27(34)25(30)15-20-8-6-13-24(14-20)39(35,36)32-18-28(19-32,21-9-4-3-5-10-21)38-23-12-7-11-22(29)16-23;/h3-14,16,25H,15,17-19,30H2,1-2H3;1H/t25-;/m0./s1. The van der Waals surface area contributed by atoms with Gasteiger partial charge in [-0.3, -0.25) is 9.59 Å². The Hall–Kier alpha value is -3.51. The largest absolute Gasteiger partial charge is 0.480 e. The van der Waals surface area contributed by atoms with Gasteiger partial charge in [0.05, 0.1) is 18.0 Å². The van der Waals surface area contributed by atoms with E-state index < -0.39 is 40.1 Å². The summed E-state index contributed by atoms with van der Waals surface area (Å²) < 4.78 is 53.2. The molecule has 214 valence electrons. The minimum Gasteiger partial charge on any atom is -0.480 e. The Morgan fingerprint density at radius 2 is 1.70 bits per heavy atom. The first-order chi connectivity index (χ1) is 18.5. The molecule has 1 saturated heterocycles. The molecular weight excluding hydrogens is 561 g/mol. The number of carbonyl (C=O) groups is 2. The Balaban J connectivity index is 0.00000441. The minimum absolute atomic E-state index is 0. The number of esters is 1. The van der Waals surface area contributed by atoms with E-state index in [9.17, 15) is 22.4 Å². The summed E-state index contributed by atoms with van der Waals surface area (Å²) in [7, 11) is -0.840. The van der Waals surface area contributed by atoms with E-state index in [4.69, 9.17) is 15.2 Å². The predicted molar refractivity (Wildman–Crippen MR) is 149 cm³/mol. The summed E-state index contributed by atoms with van der Waals surface area (Å²) in [6, 6.07) is 20.0. The number of amides is 1. The Morgan fingerprint density at radius 3 is 2.35 bits per heavy atom. The van der Waals surface area contributed by atoms with Crippen LogP contribution >= 0.6 is 12.4 Å². The van der Waals surface area contributed by atoms with Crippen molar-refractivity contribution in [2.24, 2.45) is 5.73 Å². The molecule has 12 heteroatoms. The van der Waals surface area contributed by atoms with Gasteiger partial charge in [0.25, 0.3) is 5.91 Å². The number of ether oxygens (including phenoxy) is 2. The number of hydrogen-bond donors (Lipinski definition) is 1. The van der Waals surface area contributed by atoms with E-state index in [0.717, 1.165) is 5.56 Å². The topological polar surface area (TPSA) is 119 Å². The molecule has 0 aromatic heterocycles. The highest BCUT2D eigenvalue weighted by Crippen LogP contribution is 2.40. The molecule has 1 aliphatic heterocycles. The minimum atomic E-state index is -3.92. The average molecular weight is 592 g/mol. The first-order valence-corrected chi connectivity index (χ1v) is 13.7. The van der Waals surface area contributed by atoms with E-state index in [1.165, 1.54) is 53.6 Å². The van der Waals surface area contributed by atoms with Crippen LogP contribution < -0.4 is 10.5 Å². The lowest BCUT2D eigenvalue weighted by molar-refractivity contribution is -0.152. The Kier molecular flexibility index (Phi) is 9.91. The van der Waals surface area contributed by atoms with Gasteiger partial charge < -0.3 is 20.1 Å². The van der Waals surface area contributed by atoms with Crippen molar-refractivity contribution in [2.45, 2.75) is 23.0 Å². The summed E-state index contributed by atoms with van der Waals surface area (Å²) in [4.78, 5) is 25.2. The molecule has 3 aromatic carbocycles. The summed E-state index contributed by atoms with van der Waals surface area (Å²) in [5.41, 5.74) is 6.25. The molecule has 0 unspecified atom stereocenters. The van der Waals surface area contributed by atoms with E-state index in [0.29, 0.717) is 11.3 Å². The quantitative estimate of drug-likeness (QED) is 0.360. The van der Waals surface area contributed by atoms with Crippen LogP contribution in [0.1, 0.15) is 11.1 Å². The fraction of sp³-hybridized carbons (Fsp3) is 0.286. The first kappa shape index (κ1) is 31.0. The van der Waals surface area contributed by atoms with E-state index in [2.05, 4.69) is 0 Å². The van der Waals surface area contributed by atoms with Crippen LogP contribution in [0.25, 0.3) is 0 Å². The van der Waals surface area contributed by atoms with Gasteiger partial charge in [-0.15, -0.1) is 12.4 Å². The van der Waals surface area contributed by atoms with Crippen LogP contribution in [-0.4, -0.2) is 69.3 Å². The maximum Gasteiger partial charge on any atom is 0.323 e. The summed E-state index contributed by atoms with van der Waals surface area (Å²) in [5, 5.41) is 0. The first-order valence-electron chi connectivity index (χ1n) is 12.2. The zero-order valence-corrected chi connectivity index (χ0v) is 23.7. The van der Waals surface area contributed by atoms with Crippen molar-refractivity contribution in [2.75, 3.05) is 33.8 Å².